The zero-order valence-electron chi connectivity index (χ0n) is 11.1. The van der Waals surface area contributed by atoms with Crippen molar-refractivity contribution in [1.82, 2.24) is 5.09 Å². The van der Waals surface area contributed by atoms with E-state index in [1.165, 1.54) is 19.1 Å². The van der Waals surface area contributed by atoms with E-state index in [1.54, 1.807) is 19.1 Å². The van der Waals surface area contributed by atoms with E-state index in [0.29, 0.717) is 5.56 Å². The van der Waals surface area contributed by atoms with E-state index in [9.17, 15) is 9.36 Å². The summed E-state index contributed by atoms with van der Waals surface area (Å²) in [7, 11) is -3.82. The maximum Gasteiger partial charge on any atom is 0.459 e. The van der Waals surface area contributed by atoms with E-state index in [2.05, 4.69) is 5.09 Å². The van der Waals surface area contributed by atoms with Crippen LogP contribution in [0.1, 0.15) is 19.4 Å². The molecule has 1 unspecified atom stereocenters. The molecule has 0 saturated carbocycles. The van der Waals surface area contributed by atoms with Crippen LogP contribution >= 0.6 is 7.75 Å². The number of carbonyl (C=O) groups is 1. The molecule has 0 saturated heterocycles. The summed E-state index contributed by atoms with van der Waals surface area (Å²) >= 11 is 0. The Labute approximate surface area is 116 Å². The Hall–Kier alpha value is -1.87. The van der Waals surface area contributed by atoms with Crippen LogP contribution < -0.4 is 9.61 Å². The second-order valence-electron chi connectivity index (χ2n) is 3.84. The van der Waals surface area contributed by atoms with Gasteiger partial charge in [-0.25, -0.2) is 4.57 Å². The van der Waals surface area contributed by atoms with Gasteiger partial charge >= 0.3 is 13.7 Å². The van der Waals surface area contributed by atoms with Crippen molar-refractivity contribution in [2.75, 3.05) is 6.61 Å². The molecule has 108 valence electrons. The van der Waals surface area contributed by atoms with Crippen molar-refractivity contribution in [2.24, 2.45) is 0 Å². The zero-order valence-corrected chi connectivity index (χ0v) is 12.0. The van der Waals surface area contributed by atoms with Gasteiger partial charge in [0.05, 0.1) is 18.2 Å². The number of aliphatic carboxylic acids is 1. The van der Waals surface area contributed by atoms with E-state index >= 15 is 0 Å². The Morgan fingerprint density at radius 3 is 2.85 bits per heavy atom. The molecule has 0 radical (unpaired) electrons. The Morgan fingerprint density at radius 1 is 1.60 bits per heavy atom. The fourth-order valence-electron chi connectivity index (χ4n) is 1.31. The van der Waals surface area contributed by atoms with Crippen molar-refractivity contribution >= 4 is 13.7 Å². The average molecular weight is 298 g/mol. The summed E-state index contributed by atoms with van der Waals surface area (Å²) in [6.07, 6.45) is 0. The van der Waals surface area contributed by atoms with Crippen molar-refractivity contribution < 1.29 is 23.5 Å². The first kappa shape index (κ1) is 16.2. The molecule has 0 aliphatic rings. The van der Waals surface area contributed by atoms with Crippen LogP contribution in [0.3, 0.4) is 0 Å². The molecule has 0 aliphatic carbocycles. The third-order valence-corrected chi connectivity index (χ3v) is 3.96. The van der Waals surface area contributed by atoms with E-state index < -0.39 is 19.8 Å². The normalized spacial score (nSPS) is 14.8. The highest BCUT2D eigenvalue weighted by Gasteiger charge is 2.30. The number of hydrogen-bond donors (Lipinski definition) is 2. The standard InChI is InChI=1S/C12H15N2O5P/c1-3-18-20(17,14-9(2)12(15)16)19-11-6-4-5-10(7-11)8-13/h4-7,9H,3H2,1-2H3,(H,14,17)(H,15,16)/t9-,20?/m0/s1. The van der Waals surface area contributed by atoms with Crippen LogP contribution in [0.15, 0.2) is 24.3 Å². The summed E-state index contributed by atoms with van der Waals surface area (Å²) in [6, 6.07) is 6.82. The molecule has 2 atom stereocenters. The third kappa shape index (κ3) is 4.67. The fraction of sp³-hybridized carbons (Fsp3) is 0.333. The van der Waals surface area contributed by atoms with Crippen molar-refractivity contribution in [3.8, 4) is 11.8 Å². The monoisotopic (exact) mass is 298 g/mol. The van der Waals surface area contributed by atoms with Gasteiger partial charge in [0.1, 0.15) is 11.8 Å². The lowest BCUT2D eigenvalue weighted by Gasteiger charge is -2.21. The fourth-order valence-corrected chi connectivity index (χ4v) is 2.81. The summed E-state index contributed by atoms with van der Waals surface area (Å²) < 4.78 is 22.6. The van der Waals surface area contributed by atoms with Crippen LogP contribution in [-0.2, 0) is 13.9 Å². The predicted octanol–water partition coefficient (Wildman–Crippen LogP) is 2.14. The first-order chi connectivity index (χ1) is 9.40. The molecule has 1 aromatic carbocycles. The minimum absolute atomic E-state index is 0.0779. The molecule has 0 amide bonds. The summed E-state index contributed by atoms with van der Waals surface area (Å²) in [5, 5.41) is 19.9. The smallest absolute Gasteiger partial charge is 0.459 e. The maximum absolute atomic E-state index is 12.4. The van der Waals surface area contributed by atoms with Gasteiger partial charge in [-0.1, -0.05) is 6.07 Å². The highest BCUT2D eigenvalue weighted by atomic mass is 31.2. The minimum Gasteiger partial charge on any atom is -0.480 e. The Bertz CT molecular complexity index is 569. The molecule has 0 bridgehead atoms. The van der Waals surface area contributed by atoms with Crippen LogP contribution in [0.25, 0.3) is 0 Å². The second-order valence-corrected chi connectivity index (χ2v) is 5.53. The van der Waals surface area contributed by atoms with E-state index in [4.69, 9.17) is 19.4 Å². The lowest BCUT2D eigenvalue weighted by Crippen LogP contribution is -2.33. The molecule has 20 heavy (non-hydrogen) atoms. The molecule has 7 nitrogen and oxygen atoms in total. The number of nitriles is 1. The van der Waals surface area contributed by atoms with Gasteiger partial charge < -0.3 is 9.63 Å². The first-order valence-electron chi connectivity index (χ1n) is 5.85. The third-order valence-electron chi connectivity index (χ3n) is 2.21. The Balaban J connectivity index is 2.93. The number of nitrogens with one attached hydrogen (secondary N) is 1. The average Bonchev–Trinajstić information content (AvgIpc) is 2.38. The van der Waals surface area contributed by atoms with Gasteiger partial charge in [0.2, 0.25) is 0 Å². The lowest BCUT2D eigenvalue weighted by molar-refractivity contribution is -0.138. The number of hydrogen-bond acceptors (Lipinski definition) is 5. The van der Waals surface area contributed by atoms with Crippen LogP contribution in [0.4, 0.5) is 0 Å². The van der Waals surface area contributed by atoms with Crippen molar-refractivity contribution in [3.05, 3.63) is 29.8 Å². The number of nitrogens with zero attached hydrogens (tertiary/aromatic N) is 1. The molecule has 2 N–H and O–H groups in total. The molecule has 8 heteroatoms. The summed E-state index contributed by atoms with van der Waals surface area (Å²) in [5.74, 6) is -1.02. The van der Waals surface area contributed by atoms with Crippen molar-refractivity contribution in [2.45, 2.75) is 19.9 Å². The molecule has 0 heterocycles. The molecule has 1 rings (SSSR count). The van der Waals surface area contributed by atoms with E-state index in [-0.39, 0.29) is 12.4 Å². The first-order valence-corrected chi connectivity index (χ1v) is 7.39. The highest BCUT2D eigenvalue weighted by Crippen LogP contribution is 2.44. The van der Waals surface area contributed by atoms with Gasteiger partial charge in [0.25, 0.3) is 0 Å². The quantitative estimate of drug-likeness (QED) is 0.742. The van der Waals surface area contributed by atoms with Gasteiger partial charge in [-0.15, -0.1) is 0 Å². The zero-order chi connectivity index (χ0) is 15.2. The summed E-state index contributed by atoms with van der Waals surface area (Å²) in [4.78, 5) is 10.8. The highest BCUT2D eigenvalue weighted by molar-refractivity contribution is 7.52. The van der Waals surface area contributed by atoms with Crippen LogP contribution in [-0.4, -0.2) is 23.7 Å². The Morgan fingerprint density at radius 2 is 2.30 bits per heavy atom. The summed E-state index contributed by atoms with van der Waals surface area (Å²) in [5.41, 5.74) is 0.330. The van der Waals surface area contributed by atoms with Crippen molar-refractivity contribution in [1.29, 1.82) is 5.26 Å². The van der Waals surface area contributed by atoms with Crippen LogP contribution in [0, 0.1) is 11.3 Å². The molecule has 1 aromatic rings. The van der Waals surface area contributed by atoms with Crippen molar-refractivity contribution in [3.63, 3.8) is 0 Å². The van der Waals surface area contributed by atoms with Crippen LogP contribution in [0.2, 0.25) is 0 Å². The van der Waals surface area contributed by atoms with Gasteiger partial charge in [-0.3, -0.25) is 9.32 Å². The largest absolute Gasteiger partial charge is 0.480 e. The van der Waals surface area contributed by atoms with Crippen LogP contribution in [0.5, 0.6) is 5.75 Å². The molecule has 0 fully saturated rings. The number of carboxylic acids is 1. The SMILES string of the molecule is CCOP(=O)(N[C@@H](C)C(=O)O)Oc1cccc(C#N)c1. The lowest BCUT2D eigenvalue weighted by atomic mass is 10.2. The number of rotatable bonds is 7. The molecule has 0 aromatic heterocycles. The van der Waals surface area contributed by atoms with Gasteiger partial charge in [-0.2, -0.15) is 10.3 Å². The molecular formula is C12H15N2O5P. The molecular weight excluding hydrogens is 283 g/mol. The summed E-state index contributed by atoms with van der Waals surface area (Å²) in [6.45, 7) is 3.01. The molecule has 0 spiro atoms. The minimum atomic E-state index is -3.82. The predicted molar refractivity (Wildman–Crippen MR) is 71.3 cm³/mol. The van der Waals surface area contributed by atoms with E-state index in [0.717, 1.165) is 0 Å². The van der Waals surface area contributed by atoms with Gasteiger partial charge in [0.15, 0.2) is 0 Å². The topological polar surface area (TPSA) is 109 Å². The number of carboxylic acid groups (broad SMARTS) is 1. The Kier molecular flexibility index (Phi) is 5.71. The van der Waals surface area contributed by atoms with Gasteiger partial charge in [0, 0.05) is 0 Å². The van der Waals surface area contributed by atoms with Gasteiger partial charge in [-0.05, 0) is 32.0 Å². The maximum atomic E-state index is 12.4. The second kappa shape index (κ2) is 7.06. The number of benzene rings is 1. The van der Waals surface area contributed by atoms with E-state index in [1.807, 2.05) is 6.07 Å². The molecule has 0 aliphatic heterocycles.